The number of rotatable bonds is 5. The lowest BCUT2D eigenvalue weighted by molar-refractivity contribution is 0.259. The Labute approximate surface area is 155 Å². The van der Waals surface area contributed by atoms with Crippen molar-refractivity contribution in [3.05, 3.63) is 47.8 Å². The predicted octanol–water partition coefficient (Wildman–Crippen LogP) is 3.90. The number of hydrogen-bond acceptors (Lipinski definition) is 4. The van der Waals surface area contributed by atoms with Crippen molar-refractivity contribution < 1.29 is 4.74 Å². The molecule has 1 fully saturated rings. The molecule has 0 unspecified atom stereocenters. The fourth-order valence-electron chi connectivity index (χ4n) is 2.45. The summed E-state index contributed by atoms with van der Waals surface area (Å²) in [6, 6.07) is 11.7. The minimum Gasteiger partial charge on any atom is -0.490 e. The highest BCUT2D eigenvalue weighted by Crippen LogP contribution is 2.35. The number of pyridine rings is 1. The third kappa shape index (κ3) is 4.39. The SMILES string of the molecule is CNC1(COc2cnc(C)c(-c3ccc(C#N)cc3)c2)CC1.Cl.Cl. The van der Waals surface area contributed by atoms with E-state index in [1.54, 1.807) is 6.20 Å². The molecule has 4 nitrogen and oxygen atoms in total. The lowest BCUT2D eigenvalue weighted by Gasteiger charge is -2.16. The fraction of sp³-hybridized carbons (Fsp3) is 0.333. The summed E-state index contributed by atoms with van der Waals surface area (Å²) in [4.78, 5) is 4.43. The average Bonchev–Trinajstić information content (AvgIpc) is 3.35. The molecule has 0 atom stereocenters. The molecular formula is C18H21Cl2N3O. The van der Waals surface area contributed by atoms with Gasteiger partial charge in [0.1, 0.15) is 12.4 Å². The van der Waals surface area contributed by atoms with E-state index in [-0.39, 0.29) is 30.4 Å². The first-order valence-electron chi connectivity index (χ1n) is 7.45. The topological polar surface area (TPSA) is 57.9 Å². The number of aromatic nitrogens is 1. The number of hydrogen-bond donors (Lipinski definition) is 1. The monoisotopic (exact) mass is 365 g/mol. The van der Waals surface area contributed by atoms with Crippen molar-refractivity contribution in [2.45, 2.75) is 25.3 Å². The molecule has 128 valence electrons. The van der Waals surface area contributed by atoms with Crippen LogP contribution in [0.2, 0.25) is 0 Å². The van der Waals surface area contributed by atoms with Gasteiger partial charge in [-0.2, -0.15) is 5.26 Å². The number of nitriles is 1. The first kappa shape index (κ1) is 20.2. The minimum atomic E-state index is 0. The predicted molar refractivity (Wildman–Crippen MR) is 100 cm³/mol. The molecule has 1 heterocycles. The first-order valence-corrected chi connectivity index (χ1v) is 7.45. The number of aryl methyl sites for hydroxylation is 1. The molecule has 1 aliphatic carbocycles. The zero-order valence-corrected chi connectivity index (χ0v) is 15.3. The Morgan fingerprint density at radius 2 is 1.92 bits per heavy atom. The normalized spacial score (nSPS) is 13.9. The van der Waals surface area contributed by atoms with Crippen LogP contribution in [0.15, 0.2) is 36.5 Å². The smallest absolute Gasteiger partial charge is 0.138 e. The van der Waals surface area contributed by atoms with E-state index in [0.717, 1.165) is 35.4 Å². The van der Waals surface area contributed by atoms with E-state index >= 15 is 0 Å². The Morgan fingerprint density at radius 1 is 1.25 bits per heavy atom. The Kier molecular flexibility index (Phi) is 7.04. The van der Waals surface area contributed by atoms with Gasteiger partial charge in [-0.15, -0.1) is 24.8 Å². The van der Waals surface area contributed by atoms with Crippen molar-refractivity contribution in [3.8, 4) is 22.9 Å². The van der Waals surface area contributed by atoms with E-state index in [1.807, 2.05) is 44.3 Å². The van der Waals surface area contributed by atoms with Crippen LogP contribution in [0.5, 0.6) is 5.75 Å². The van der Waals surface area contributed by atoms with Crippen LogP contribution in [0.25, 0.3) is 11.1 Å². The molecule has 1 aromatic heterocycles. The van der Waals surface area contributed by atoms with Gasteiger partial charge in [0.25, 0.3) is 0 Å². The Bertz CT molecular complexity index is 722. The highest BCUT2D eigenvalue weighted by atomic mass is 35.5. The molecule has 6 heteroatoms. The second kappa shape index (κ2) is 8.34. The van der Waals surface area contributed by atoms with Crippen molar-refractivity contribution in [2.75, 3.05) is 13.7 Å². The zero-order valence-electron chi connectivity index (χ0n) is 13.7. The van der Waals surface area contributed by atoms with Gasteiger partial charge in [0.05, 0.1) is 23.4 Å². The summed E-state index contributed by atoms with van der Waals surface area (Å²) in [6.07, 6.45) is 4.09. The minimum absolute atomic E-state index is 0. The third-order valence-corrected chi connectivity index (χ3v) is 4.29. The summed E-state index contributed by atoms with van der Waals surface area (Å²) >= 11 is 0. The number of halogens is 2. The van der Waals surface area contributed by atoms with Crippen molar-refractivity contribution in [2.24, 2.45) is 0 Å². The van der Waals surface area contributed by atoms with Crippen LogP contribution in [0.4, 0.5) is 0 Å². The summed E-state index contributed by atoms with van der Waals surface area (Å²) < 4.78 is 5.91. The van der Waals surface area contributed by atoms with Crippen molar-refractivity contribution in [1.82, 2.24) is 10.3 Å². The second-order valence-electron chi connectivity index (χ2n) is 5.81. The summed E-state index contributed by atoms with van der Waals surface area (Å²) in [5.74, 6) is 0.784. The largest absolute Gasteiger partial charge is 0.490 e. The molecule has 0 radical (unpaired) electrons. The lowest BCUT2D eigenvalue weighted by atomic mass is 10.0. The molecule has 1 N–H and O–H groups in total. The molecule has 24 heavy (non-hydrogen) atoms. The van der Waals surface area contributed by atoms with Gasteiger partial charge >= 0.3 is 0 Å². The number of benzene rings is 1. The molecule has 0 aliphatic heterocycles. The average molecular weight is 366 g/mol. The molecule has 1 aromatic carbocycles. The van der Waals surface area contributed by atoms with Gasteiger partial charge in [-0.05, 0) is 50.6 Å². The van der Waals surface area contributed by atoms with Gasteiger partial charge in [-0.3, -0.25) is 4.98 Å². The van der Waals surface area contributed by atoms with E-state index in [9.17, 15) is 0 Å². The van der Waals surface area contributed by atoms with E-state index in [0.29, 0.717) is 12.2 Å². The van der Waals surface area contributed by atoms with Crippen LogP contribution in [-0.4, -0.2) is 24.2 Å². The van der Waals surface area contributed by atoms with E-state index in [2.05, 4.69) is 16.4 Å². The van der Waals surface area contributed by atoms with E-state index in [4.69, 9.17) is 10.00 Å². The van der Waals surface area contributed by atoms with Crippen molar-refractivity contribution in [3.63, 3.8) is 0 Å². The van der Waals surface area contributed by atoms with Crippen LogP contribution in [-0.2, 0) is 0 Å². The number of nitrogens with zero attached hydrogens (tertiary/aromatic N) is 2. The standard InChI is InChI=1S/C18H19N3O.2ClH/c1-13-17(15-5-3-14(10-19)4-6-15)9-16(11-21-13)22-12-18(20-2)7-8-18;;/h3-6,9,11,20H,7-8,12H2,1-2H3;2*1H. The quantitative estimate of drug-likeness (QED) is 0.872. The molecule has 0 saturated heterocycles. The third-order valence-electron chi connectivity index (χ3n) is 4.29. The van der Waals surface area contributed by atoms with Crippen molar-refractivity contribution >= 4 is 24.8 Å². The summed E-state index contributed by atoms with van der Waals surface area (Å²) in [5, 5.41) is 12.2. The van der Waals surface area contributed by atoms with Gasteiger partial charge in [-0.25, -0.2) is 0 Å². The van der Waals surface area contributed by atoms with Crippen molar-refractivity contribution in [1.29, 1.82) is 5.26 Å². The maximum Gasteiger partial charge on any atom is 0.138 e. The van der Waals surface area contributed by atoms with Gasteiger partial charge in [0.2, 0.25) is 0 Å². The summed E-state index contributed by atoms with van der Waals surface area (Å²) in [6.45, 7) is 2.65. The van der Waals surface area contributed by atoms with Gasteiger partial charge in [0.15, 0.2) is 0 Å². The molecule has 0 bridgehead atoms. The molecule has 0 spiro atoms. The molecule has 0 amide bonds. The van der Waals surface area contributed by atoms with E-state index < -0.39 is 0 Å². The van der Waals surface area contributed by atoms with Crippen LogP contribution < -0.4 is 10.1 Å². The highest BCUT2D eigenvalue weighted by Gasteiger charge is 2.41. The maximum absolute atomic E-state index is 8.88. The molecule has 1 saturated carbocycles. The number of likely N-dealkylation sites (N-methyl/N-ethyl adjacent to an activating group) is 1. The van der Waals surface area contributed by atoms with Gasteiger partial charge < -0.3 is 10.1 Å². The zero-order chi connectivity index (χ0) is 15.6. The van der Waals surface area contributed by atoms with Crippen LogP contribution in [0, 0.1) is 18.3 Å². The fourth-order valence-corrected chi connectivity index (χ4v) is 2.45. The Balaban J connectivity index is 0.00000144. The molecule has 1 aliphatic rings. The Hall–Kier alpha value is -1.80. The molecule has 3 rings (SSSR count). The molecule has 2 aromatic rings. The highest BCUT2D eigenvalue weighted by molar-refractivity contribution is 5.85. The van der Waals surface area contributed by atoms with Crippen LogP contribution in [0.3, 0.4) is 0 Å². The number of ether oxygens (including phenoxy) is 1. The lowest BCUT2D eigenvalue weighted by Crippen LogP contribution is -2.33. The second-order valence-corrected chi connectivity index (χ2v) is 5.81. The summed E-state index contributed by atoms with van der Waals surface area (Å²) in [7, 11) is 1.98. The van der Waals surface area contributed by atoms with Gasteiger partial charge in [-0.1, -0.05) is 12.1 Å². The van der Waals surface area contributed by atoms with Gasteiger partial charge in [0, 0.05) is 11.3 Å². The van der Waals surface area contributed by atoms with Crippen LogP contribution >= 0.6 is 24.8 Å². The maximum atomic E-state index is 8.88. The summed E-state index contributed by atoms with van der Waals surface area (Å²) in [5.41, 5.74) is 3.85. The Morgan fingerprint density at radius 3 is 2.46 bits per heavy atom. The van der Waals surface area contributed by atoms with Crippen LogP contribution in [0.1, 0.15) is 24.1 Å². The number of nitrogens with one attached hydrogen (secondary N) is 1. The molecular weight excluding hydrogens is 345 g/mol. The first-order chi connectivity index (χ1) is 10.7. The van der Waals surface area contributed by atoms with E-state index in [1.165, 1.54) is 0 Å².